The fraction of sp³-hybridized carbons (Fsp3) is 0.400. The predicted molar refractivity (Wildman–Crippen MR) is 98.2 cm³/mol. The van der Waals surface area contributed by atoms with Gasteiger partial charge in [0.2, 0.25) is 0 Å². The normalized spacial score (nSPS) is 10.6. The van der Waals surface area contributed by atoms with Crippen molar-refractivity contribution >= 4 is 5.91 Å². The van der Waals surface area contributed by atoms with Gasteiger partial charge in [-0.2, -0.15) is 0 Å². The van der Waals surface area contributed by atoms with E-state index in [9.17, 15) is 4.79 Å². The molecule has 5 heteroatoms. The maximum absolute atomic E-state index is 12.3. The van der Waals surface area contributed by atoms with Gasteiger partial charge in [0, 0.05) is 30.4 Å². The summed E-state index contributed by atoms with van der Waals surface area (Å²) in [4.78, 5) is 16.5. The van der Waals surface area contributed by atoms with Crippen LogP contribution in [0.5, 0.6) is 11.5 Å². The number of nitrogens with one attached hydrogen (secondary N) is 1. The summed E-state index contributed by atoms with van der Waals surface area (Å²) in [6.45, 7) is 5.46. The monoisotopic (exact) mass is 342 g/mol. The Morgan fingerprint density at radius 2 is 2.04 bits per heavy atom. The van der Waals surface area contributed by atoms with E-state index in [1.807, 2.05) is 18.2 Å². The number of benzene rings is 1. The number of nitrogens with zero attached hydrogens (tertiary/aromatic N) is 1. The van der Waals surface area contributed by atoms with E-state index in [-0.39, 0.29) is 5.91 Å². The average Bonchev–Trinajstić information content (AvgIpc) is 2.62. The number of aromatic nitrogens is 1. The van der Waals surface area contributed by atoms with Crippen molar-refractivity contribution in [3.63, 3.8) is 0 Å². The largest absolute Gasteiger partial charge is 0.493 e. The van der Waals surface area contributed by atoms with Gasteiger partial charge in [0.15, 0.2) is 11.5 Å². The van der Waals surface area contributed by atoms with Gasteiger partial charge in [0.05, 0.1) is 13.7 Å². The minimum atomic E-state index is -0.136. The first-order valence-electron chi connectivity index (χ1n) is 8.59. The van der Waals surface area contributed by atoms with E-state index in [0.29, 0.717) is 42.6 Å². The number of rotatable bonds is 9. The lowest BCUT2D eigenvalue weighted by Crippen LogP contribution is -2.25. The molecule has 0 aliphatic carbocycles. The van der Waals surface area contributed by atoms with Gasteiger partial charge in [-0.25, -0.2) is 0 Å². The Kier molecular flexibility index (Phi) is 7.26. The molecule has 0 aliphatic rings. The molecule has 1 N–H and O–H groups in total. The first-order chi connectivity index (χ1) is 12.1. The van der Waals surface area contributed by atoms with Crippen LogP contribution in [0.15, 0.2) is 42.6 Å². The molecule has 0 spiro atoms. The molecule has 2 rings (SSSR count). The quantitative estimate of drug-likeness (QED) is 0.758. The molecule has 5 nitrogen and oxygen atoms in total. The maximum atomic E-state index is 12.3. The van der Waals surface area contributed by atoms with E-state index >= 15 is 0 Å². The van der Waals surface area contributed by atoms with Crippen LogP contribution in [-0.2, 0) is 6.42 Å². The number of pyridine rings is 1. The standard InChI is InChI=1S/C20H26N2O3/c1-15(2)10-13-25-18-8-7-16(14-19(18)24-3)20(23)22-12-9-17-6-4-5-11-21-17/h4-8,11,14-15H,9-10,12-13H2,1-3H3,(H,22,23). The van der Waals surface area contributed by atoms with Crippen LogP contribution in [0.3, 0.4) is 0 Å². The van der Waals surface area contributed by atoms with Gasteiger partial charge in [0.25, 0.3) is 5.91 Å². The second kappa shape index (κ2) is 9.67. The van der Waals surface area contributed by atoms with Gasteiger partial charge in [-0.3, -0.25) is 9.78 Å². The Hall–Kier alpha value is -2.56. The topological polar surface area (TPSA) is 60.5 Å². The molecule has 0 saturated carbocycles. The number of hydrogen-bond acceptors (Lipinski definition) is 4. The number of methoxy groups -OCH3 is 1. The Balaban J connectivity index is 1.90. The smallest absolute Gasteiger partial charge is 0.251 e. The number of ether oxygens (including phenoxy) is 2. The highest BCUT2D eigenvalue weighted by molar-refractivity contribution is 5.94. The molecule has 134 valence electrons. The predicted octanol–water partition coefficient (Wildman–Crippen LogP) is 3.49. The zero-order valence-corrected chi connectivity index (χ0v) is 15.1. The summed E-state index contributed by atoms with van der Waals surface area (Å²) in [5.74, 6) is 1.67. The van der Waals surface area contributed by atoms with Crippen LogP contribution in [0.2, 0.25) is 0 Å². The van der Waals surface area contributed by atoms with Crippen LogP contribution in [-0.4, -0.2) is 31.2 Å². The summed E-state index contributed by atoms with van der Waals surface area (Å²) in [6, 6.07) is 11.0. The highest BCUT2D eigenvalue weighted by atomic mass is 16.5. The third-order valence-electron chi connectivity index (χ3n) is 3.77. The summed E-state index contributed by atoms with van der Waals surface area (Å²) in [5, 5.41) is 2.90. The molecular weight excluding hydrogens is 316 g/mol. The van der Waals surface area contributed by atoms with E-state index in [1.165, 1.54) is 0 Å². The van der Waals surface area contributed by atoms with Gasteiger partial charge in [0.1, 0.15) is 0 Å². The Morgan fingerprint density at radius 1 is 1.20 bits per heavy atom. The lowest BCUT2D eigenvalue weighted by atomic mass is 10.1. The molecule has 0 radical (unpaired) electrons. The lowest BCUT2D eigenvalue weighted by molar-refractivity contribution is 0.0953. The SMILES string of the molecule is COc1cc(C(=O)NCCc2ccccn2)ccc1OCCC(C)C. The zero-order chi connectivity index (χ0) is 18.1. The summed E-state index contributed by atoms with van der Waals surface area (Å²) in [7, 11) is 1.58. The van der Waals surface area contributed by atoms with Gasteiger partial charge in [-0.1, -0.05) is 19.9 Å². The summed E-state index contributed by atoms with van der Waals surface area (Å²) in [6.07, 6.45) is 3.42. The van der Waals surface area contributed by atoms with Crippen molar-refractivity contribution in [1.82, 2.24) is 10.3 Å². The van der Waals surface area contributed by atoms with Gasteiger partial charge in [-0.15, -0.1) is 0 Å². The Morgan fingerprint density at radius 3 is 2.72 bits per heavy atom. The molecule has 25 heavy (non-hydrogen) atoms. The van der Waals surface area contributed by atoms with E-state index in [0.717, 1.165) is 12.1 Å². The molecule has 0 bridgehead atoms. The van der Waals surface area contributed by atoms with Crippen molar-refractivity contribution in [2.24, 2.45) is 5.92 Å². The second-order valence-corrected chi connectivity index (χ2v) is 6.22. The minimum Gasteiger partial charge on any atom is -0.493 e. The van der Waals surface area contributed by atoms with Crippen LogP contribution in [0.25, 0.3) is 0 Å². The van der Waals surface area contributed by atoms with Crippen LogP contribution in [0.4, 0.5) is 0 Å². The third-order valence-corrected chi connectivity index (χ3v) is 3.77. The lowest BCUT2D eigenvalue weighted by Gasteiger charge is -2.13. The summed E-state index contributed by atoms with van der Waals surface area (Å²) >= 11 is 0. The van der Waals surface area contributed by atoms with Gasteiger partial charge < -0.3 is 14.8 Å². The van der Waals surface area contributed by atoms with Crippen molar-refractivity contribution in [3.05, 3.63) is 53.9 Å². The number of carbonyl (C=O) groups is 1. The zero-order valence-electron chi connectivity index (χ0n) is 15.1. The molecular formula is C20H26N2O3. The van der Waals surface area contributed by atoms with Crippen molar-refractivity contribution in [3.8, 4) is 11.5 Å². The van der Waals surface area contributed by atoms with Crippen LogP contribution in [0, 0.1) is 5.92 Å². The van der Waals surface area contributed by atoms with Crippen molar-refractivity contribution in [2.45, 2.75) is 26.7 Å². The van der Waals surface area contributed by atoms with Gasteiger partial charge >= 0.3 is 0 Å². The molecule has 0 unspecified atom stereocenters. The van der Waals surface area contributed by atoms with E-state index in [2.05, 4.69) is 24.1 Å². The molecule has 1 amide bonds. The first-order valence-corrected chi connectivity index (χ1v) is 8.59. The molecule has 2 aromatic rings. The maximum Gasteiger partial charge on any atom is 0.251 e. The fourth-order valence-electron chi connectivity index (χ4n) is 2.28. The van der Waals surface area contributed by atoms with Crippen LogP contribution in [0.1, 0.15) is 36.3 Å². The molecule has 0 fully saturated rings. The number of amides is 1. The molecule has 1 heterocycles. The fourth-order valence-corrected chi connectivity index (χ4v) is 2.28. The third kappa shape index (κ3) is 6.10. The van der Waals surface area contributed by atoms with Crippen LogP contribution < -0.4 is 14.8 Å². The Bertz CT molecular complexity index is 672. The molecule has 1 aromatic carbocycles. The average molecular weight is 342 g/mol. The van der Waals surface area contributed by atoms with E-state index in [1.54, 1.807) is 31.5 Å². The van der Waals surface area contributed by atoms with Crippen molar-refractivity contribution < 1.29 is 14.3 Å². The summed E-state index contributed by atoms with van der Waals surface area (Å²) < 4.78 is 11.1. The number of hydrogen-bond donors (Lipinski definition) is 1. The second-order valence-electron chi connectivity index (χ2n) is 6.22. The Labute approximate surface area is 149 Å². The van der Waals surface area contributed by atoms with E-state index < -0.39 is 0 Å². The summed E-state index contributed by atoms with van der Waals surface area (Å²) in [5.41, 5.74) is 1.50. The molecule has 0 saturated heterocycles. The molecule has 0 atom stereocenters. The number of carbonyl (C=O) groups excluding carboxylic acids is 1. The minimum absolute atomic E-state index is 0.136. The van der Waals surface area contributed by atoms with Crippen molar-refractivity contribution in [1.29, 1.82) is 0 Å². The van der Waals surface area contributed by atoms with Gasteiger partial charge in [-0.05, 0) is 42.7 Å². The van der Waals surface area contributed by atoms with E-state index in [4.69, 9.17) is 9.47 Å². The molecule has 0 aliphatic heterocycles. The van der Waals surface area contributed by atoms with Crippen molar-refractivity contribution in [2.75, 3.05) is 20.3 Å². The first kappa shape index (κ1) is 18.8. The molecule has 1 aromatic heterocycles. The van der Waals surface area contributed by atoms with Crippen LogP contribution >= 0.6 is 0 Å². The highest BCUT2D eigenvalue weighted by Gasteiger charge is 2.11. The highest BCUT2D eigenvalue weighted by Crippen LogP contribution is 2.28.